The van der Waals surface area contributed by atoms with E-state index in [-0.39, 0.29) is 18.4 Å². The highest BCUT2D eigenvalue weighted by atomic mass is 32.2. The molecule has 136 valence electrons. The molecule has 3 rings (SSSR count). The number of pyridine rings is 1. The van der Waals surface area contributed by atoms with E-state index in [1.165, 1.54) is 17.8 Å². The van der Waals surface area contributed by atoms with Gasteiger partial charge in [0.2, 0.25) is 11.8 Å². The molecule has 0 aromatic carbocycles. The highest BCUT2D eigenvalue weighted by molar-refractivity contribution is 8.00. The lowest BCUT2D eigenvalue weighted by Gasteiger charge is -2.32. The number of H-pyrrole nitrogens is 1. The Hall–Kier alpha value is -1.97. The molecule has 10 heteroatoms. The number of carbonyl (C=O) groups is 2. The van der Waals surface area contributed by atoms with E-state index in [1.54, 1.807) is 9.80 Å². The molecule has 2 aliphatic heterocycles. The number of piperazine rings is 1. The van der Waals surface area contributed by atoms with Crippen LogP contribution in [0.5, 0.6) is 0 Å². The van der Waals surface area contributed by atoms with Crippen molar-refractivity contribution in [2.45, 2.75) is 6.18 Å². The second-order valence-electron chi connectivity index (χ2n) is 5.90. The van der Waals surface area contributed by atoms with Crippen molar-refractivity contribution < 1.29 is 27.7 Å². The molecule has 1 aromatic heterocycles. The molecule has 0 unspecified atom stereocenters. The molecule has 0 bridgehead atoms. The fourth-order valence-corrected chi connectivity index (χ4v) is 3.69. The third kappa shape index (κ3) is 4.17. The summed E-state index contributed by atoms with van der Waals surface area (Å²) >= 11 is 1.49. The molecule has 2 saturated heterocycles. The van der Waals surface area contributed by atoms with Gasteiger partial charge in [0.1, 0.15) is 25.8 Å². The van der Waals surface area contributed by atoms with E-state index in [0.29, 0.717) is 43.6 Å². The Morgan fingerprint density at radius 2 is 1.92 bits per heavy atom. The molecule has 1 aromatic rings. The van der Waals surface area contributed by atoms with Crippen LogP contribution in [0.3, 0.4) is 0 Å². The molecule has 6 nitrogen and oxygen atoms in total. The molecule has 25 heavy (non-hydrogen) atoms. The lowest BCUT2D eigenvalue weighted by molar-refractivity contribution is -0.367. The van der Waals surface area contributed by atoms with Gasteiger partial charge in [0.15, 0.2) is 0 Å². The van der Waals surface area contributed by atoms with E-state index in [0.717, 1.165) is 12.3 Å². The number of aromatic nitrogens is 1. The molecule has 0 radical (unpaired) electrons. The third-order valence-corrected chi connectivity index (χ3v) is 5.19. The van der Waals surface area contributed by atoms with Crippen LogP contribution < -0.4 is 9.88 Å². The SMILES string of the molecule is O=C(CN1CSCC1=O)N1CCN(c2ccc(C(F)(F)F)c[nH+]2)CC1. The first-order valence-corrected chi connectivity index (χ1v) is 8.97. The summed E-state index contributed by atoms with van der Waals surface area (Å²) < 4.78 is 37.8. The summed E-state index contributed by atoms with van der Waals surface area (Å²) in [7, 11) is 0. The van der Waals surface area contributed by atoms with Crippen LogP contribution in [0.4, 0.5) is 19.0 Å². The minimum atomic E-state index is -4.37. The number of hydrogen-bond donors (Lipinski definition) is 0. The molecule has 0 saturated carbocycles. The molecular formula is C15H18F3N4O2S+. The maximum Gasteiger partial charge on any atom is 0.419 e. The van der Waals surface area contributed by atoms with Gasteiger partial charge in [-0.25, -0.2) is 4.98 Å². The summed E-state index contributed by atoms with van der Waals surface area (Å²) in [6.07, 6.45) is -3.42. The standard InChI is InChI=1S/C15H17F3N4O2S/c16-15(17,18)11-1-2-12(19-7-11)20-3-5-21(6-4-20)13(23)8-22-10-25-9-14(22)24/h1-2,7H,3-6,8-10H2/p+1. The van der Waals surface area contributed by atoms with Gasteiger partial charge in [0.05, 0.1) is 30.3 Å². The first kappa shape index (κ1) is 17.8. The molecule has 1 N–H and O–H groups in total. The number of aromatic amines is 1. The summed E-state index contributed by atoms with van der Waals surface area (Å²) in [4.78, 5) is 31.6. The Balaban J connectivity index is 1.53. The van der Waals surface area contributed by atoms with Crippen molar-refractivity contribution in [2.24, 2.45) is 0 Å². The summed E-state index contributed by atoms with van der Waals surface area (Å²) in [6.45, 7) is 2.09. The van der Waals surface area contributed by atoms with Crippen LogP contribution in [0.1, 0.15) is 5.56 Å². The van der Waals surface area contributed by atoms with Gasteiger partial charge in [-0.05, 0) is 6.07 Å². The summed E-state index contributed by atoms with van der Waals surface area (Å²) in [5.74, 6) is 1.45. The number of alkyl halides is 3. The molecule has 0 spiro atoms. The number of thioether (sulfide) groups is 1. The average Bonchev–Trinajstić information content (AvgIpc) is 2.99. The van der Waals surface area contributed by atoms with Gasteiger partial charge in [0, 0.05) is 6.07 Å². The monoisotopic (exact) mass is 375 g/mol. The summed E-state index contributed by atoms with van der Waals surface area (Å²) in [5.41, 5.74) is -0.724. The predicted octanol–water partition coefficient (Wildman–Crippen LogP) is 0.701. The largest absolute Gasteiger partial charge is 0.419 e. The van der Waals surface area contributed by atoms with Gasteiger partial charge >= 0.3 is 6.18 Å². The smallest absolute Gasteiger partial charge is 0.333 e. The zero-order chi connectivity index (χ0) is 18.0. The Labute approximate surface area is 147 Å². The fraction of sp³-hybridized carbons (Fsp3) is 0.533. The maximum atomic E-state index is 12.6. The van der Waals surface area contributed by atoms with Crippen LogP contribution in [0, 0.1) is 0 Å². The van der Waals surface area contributed by atoms with Gasteiger partial charge < -0.3 is 9.80 Å². The molecule has 2 fully saturated rings. The lowest BCUT2D eigenvalue weighted by atomic mass is 10.2. The number of anilines is 1. The zero-order valence-electron chi connectivity index (χ0n) is 13.4. The number of rotatable bonds is 3. The molecule has 3 heterocycles. The number of amides is 2. The highest BCUT2D eigenvalue weighted by Gasteiger charge is 2.33. The van der Waals surface area contributed by atoms with Crippen LogP contribution in [-0.4, -0.2) is 66.0 Å². The Kier molecular flexibility index (Phi) is 5.07. The van der Waals surface area contributed by atoms with E-state index in [4.69, 9.17) is 0 Å². The Morgan fingerprint density at radius 1 is 1.20 bits per heavy atom. The average molecular weight is 375 g/mol. The highest BCUT2D eigenvalue weighted by Crippen LogP contribution is 2.28. The van der Waals surface area contributed by atoms with Crippen molar-refractivity contribution in [1.82, 2.24) is 9.80 Å². The van der Waals surface area contributed by atoms with Gasteiger partial charge in [-0.3, -0.25) is 14.5 Å². The van der Waals surface area contributed by atoms with Crippen molar-refractivity contribution >= 4 is 29.4 Å². The van der Waals surface area contributed by atoms with Gasteiger partial charge in [-0.2, -0.15) is 13.2 Å². The van der Waals surface area contributed by atoms with Gasteiger partial charge in [-0.1, -0.05) is 0 Å². The van der Waals surface area contributed by atoms with E-state index >= 15 is 0 Å². The number of hydrogen-bond acceptors (Lipinski definition) is 4. The minimum absolute atomic E-state index is 0.0173. The van der Waals surface area contributed by atoms with Crippen LogP contribution in [-0.2, 0) is 15.8 Å². The van der Waals surface area contributed by atoms with Crippen molar-refractivity contribution in [3.8, 4) is 0 Å². The first-order valence-electron chi connectivity index (χ1n) is 7.82. The lowest BCUT2D eigenvalue weighted by Crippen LogP contribution is -2.52. The molecular weight excluding hydrogens is 357 g/mol. The number of carbonyl (C=O) groups excluding carboxylic acids is 2. The van der Waals surface area contributed by atoms with E-state index in [2.05, 4.69) is 4.98 Å². The molecule has 0 aliphatic carbocycles. The maximum absolute atomic E-state index is 12.6. The third-order valence-electron chi connectivity index (χ3n) is 4.25. The molecule has 0 atom stereocenters. The van der Waals surface area contributed by atoms with E-state index in [1.807, 2.05) is 4.90 Å². The summed E-state index contributed by atoms with van der Waals surface area (Å²) in [6, 6.07) is 2.44. The minimum Gasteiger partial charge on any atom is -0.333 e. The van der Waals surface area contributed by atoms with Gasteiger partial charge in [-0.15, -0.1) is 11.8 Å². The Morgan fingerprint density at radius 3 is 2.44 bits per heavy atom. The van der Waals surface area contributed by atoms with Crippen molar-refractivity contribution in [3.05, 3.63) is 23.9 Å². The number of nitrogens with zero attached hydrogens (tertiary/aromatic N) is 3. The van der Waals surface area contributed by atoms with Crippen molar-refractivity contribution in [1.29, 1.82) is 0 Å². The number of nitrogens with one attached hydrogen (secondary N) is 1. The Bertz CT molecular complexity index is 645. The van der Waals surface area contributed by atoms with Crippen LogP contribution in [0.2, 0.25) is 0 Å². The number of halogens is 3. The first-order chi connectivity index (χ1) is 11.8. The second-order valence-corrected chi connectivity index (χ2v) is 6.85. The van der Waals surface area contributed by atoms with Gasteiger partial charge in [0.25, 0.3) is 5.82 Å². The zero-order valence-corrected chi connectivity index (χ0v) is 14.2. The topological polar surface area (TPSA) is 58.0 Å². The van der Waals surface area contributed by atoms with Crippen LogP contribution in [0.15, 0.2) is 18.3 Å². The van der Waals surface area contributed by atoms with Crippen LogP contribution in [0.25, 0.3) is 0 Å². The summed E-state index contributed by atoms with van der Waals surface area (Å²) in [5, 5.41) is 0. The normalized spacial score (nSPS) is 18.8. The fourth-order valence-electron chi connectivity index (χ4n) is 2.79. The van der Waals surface area contributed by atoms with E-state index < -0.39 is 11.7 Å². The molecule has 2 aliphatic rings. The quantitative estimate of drug-likeness (QED) is 0.781. The molecule has 2 amide bonds. The van der Waals surface area contributed by atoms with Crippen molar-refractivity contribution in [3.63, 3.8) is 0 Å². The van der Waals surface area contributed by atoms with Crippen molar-refractivity contribution in [2.75, 3.05) is 49.3 Å². The predicted molar refractivity (Wildman–Crippen MR) is 85.8 cm³/mol. The van der Waals surface area contributed by atoms with Crippen LogP contribution >= 0.6 is 11.8 Å². The second kappa shape index (κ2) is 7.11. The van der Waals surface area contributed by atoms with E-state index in [9.17, 15) is 22.8 Å².